The summed E-state index contributed by atoms with van der Waals surface area (Å²) in [4.78, 5) is 28.9. The number of halogens is 1. The van der Waals surface area contributed by atoms with Crippen molar-refractivity contribution >= 4 is 32.8 Å². The topological polar surface area (TPSA) is 72.9 Å². The Morgan fingerprint density at radius 2 is 1.78 bits per heavy atom. The molecule has 0 saturated carbocycles. The molecule has 3 heterocycles. The molecule has 2 aromatic heterocycles. The lowest BCUT2D eigenvalue weighted by atomic mass is 9.98. The van der Waals surface area contributed by atoms with Gasteiger partial charge in [0.15, 0.2) is 5.43 Å². The smallest absolute Gasteiger partial charge is 0.291 e. The van der Waals surface area contributed by atoms with Gasteiger partial charge in [-0.3, -0.25) is 9.59 Å². The van der Waals surface area contributed by atoms with E-state index in [2.05, 4.69) is 15.9 Å². The lowest BCUT2D eigenvalue weighted by molar-refractivity contribution is 0.0701. The highest BCUT2D eigenvalue weighted by Gasteiger charge is 2.43. The number of carbonyl (C=O) groups is 1. The summed E-state index contributed by atoms with van der Waals surface area (Å²) in [5.74, 6) is 0.950. The molecule has 178 valence electrons. The normalized spacial score (nSPS) is 14.9. The number of hydrogen-bond acceptors (Lipinski definition) is 5. The fraction of sp³-hybridized carbons (Fsp3) is 0.103. The first-order valence-electron chi connectivity index (χ1n) is 11.4. The third-order valence-corrected chi connectivity index (χ3v) is 6.75. The van der Waals surface area contributed by atoms with Gasteiger partial charge in [0.25, 0.3) is 5.91 Å². The monoisotopic (exact) mass is 541 g/mol. The van der Waals surface area contributed by atoms with Gasteiger partial charge in [-0.2, -0.15) is 0 Å². The summed E-state index contributed by atoms with van der Waals surface area (Å²) in [6.45, 7) is 0.594. The van der Waals surface area contributed by atoms with E-state index < -0.39 is 6.04 Å². The molecule has 0 fully saturated rings. The van der Waals surface area contributed by atoms with Crippen LogP contribution in [0.25, 0.3) is 11.0 Å². The molecule has 0 radical (unpaired) electrons. The minimum Gasteiger partial charge on any atom is -0.489 e. The second-order valence-corrected chi connectivity index (χ2v) is 9.49. The second kappa shape index (κ2) is 9.17. The highest BCUT2D eigenvalue weighted by Crippen LogP contribution is 2.40. The summed E-state index contributed by atoms with van der Waals surface area (Å²) in [5, 5.41) is 0.414. The van der Waals surface area contributed by atoms with Gasteiger partial charge >= 0.3 is 0 Å². The maximum absolute atomic E-state index is 13.7. The molecule has 1 aliphatic rings. The molecule has 6 rings (SSSR count). The zero-order chi connectivity index (χ0) is 24.6. The predicted octanol–water partition coefficient (Wildman–Crippen LogP) is 6.47. The van der Waals surface area contributed by atoms with Crippen LogP contribution < -0.4 is 10.2 Å². The molecule has 3 aromatic carbocycles. The summed E-state index contributed by atoms with van der Waals surface area (Å²) < 4.78 is 18.3. The van der Waals surface area contributed by atoms with Crippen molar-refractivity contribution in [2.75, 3.05) is 0 Å². The number of rotatable bonds is 6. The molecule has 6 nitrogen and oxygen atoms in total. The number of ether oxygens (including phenoxy) is 1. The van der Waals surface area contributed by atoms with Gasteiger partial charge in [0, 0.05) is 4.47 Å². The predicted molar refractivity (Wildman–Crippen MR) is 138 cm³/mol. The van der Waals surface area contributed by atoms with Crippen LogP contribution in [0, 0.1) is 0 Å². The Labute approximate surface area is 214 Å². The Hall–Kier alpha value is -4.10. The Balaban J connectivity index is 1.45. The molecular weight excluding hydrogens is 522 g/mol. The third-order valence-electron chi connectivity index (χ3n) is 6.26. The molecule has 1 amide bonds. The summed E-state index contributed by atoms with van der Waals surface area (Å²) in [5.41, 5.74) is 2.25. The highest BCUT2D eigenvalue weighted by atomic mass is 79.9. The number of carbonyl (C=O) groups excluding carboxylic acids is 1. The van der Waals surface area contributed by atoms with Crippen molar-refractivity contribution in [3.63, 3.8) is 0 Å². The highest BCUT2D eigenvalue weighted by molar-refractivity contribution is 9.10. The fourth-order valence-electron chi connectivity index (χ4n) is 4.59. The van der Waals surface area contributed by atoms with Crippen molar-refractivity contribution in [2.45, 2.75) is 19.2 Å². The Bertz CT molecular complexity index is 1630. The SMILES string of the molecule is O=C1c2oc3ccc(Br)cc3c(=O)c2C(c2cccc(OCc3ccccc3)c2)N1Cc1ccco1. The van der Waals surface area contributed by atoms with E-state index in [1.807, 2.05) is 54.6 Å². The van der Waals surface area contributed by atoms with Gasteiger partial charge in [-0.1, -0.05) is 58.4 Å². The lowest BCUT2D eigenvalue weighted by Gasteiger charge is -2.24. The van der Waals surface area contributed by atoms with E-state index >= 15 is 0 Å². The van der Waals surface area contributed by atoms with Crippen LogP contribution in [0.2, 0.25) is 0 Å². The maximum Gasteiger partial charge on any atom is 0.291 e. The number of hydrogen-bond donors (Lipinski definition) is 0. The number of nitrogens with zero attached hydrogens (tertiary/aromatic N) is 1. The van der Waals surface area contributed by atoms with Crippen molar-refractivity contribution in [2.24, 2.45) is 0 Å². The van der Waals surface area contributed by atoms with Gasteiger partial charge in [-0.25, -0.2) is 0 Å². The Kier molecular flexibility index (Phi) is 5.70. The first kappa shape index (κ1) is 22.4. The van der Waals surface area contributed by atoms with E-state index in [9.17, 15) is 9.59 Å². The summed E-state index contributed by atoms with van der Waals surface area (Å²) in [6, 6.07) is 25.5. The van der Waals surface area contributed by atoms with Crippen molar-refractivity contribution in [3.8, 4) is 5.75 Å². The van der Waals surface area contributed by atoms with Crippen molar-refractivity contribution in [1.29, 1.82) is 0 Å². The van der Waals surface area contributed by atoms with E-state index in [1.54, 1.807) is 41.5 Å². The van der Waals surface area contributed by atoms with Crippen LogP contribution in [0.3, 0.4) is 0 Å². The van der Waals surface area contributed by atoms with Crippen LogP contribution in [-0.2, 0) is 13.2 Å². The van der Waals surface area contributed by atoms with E-state index in [4.69, 9.17) is 13.6 Å². The lowest BCUT2D eigenvalue weighted by Crippen LogP contribution is -2.29. The van der Waals surface area contributed by atoms with Crippen LogP contribution in [0.5, 0.6) is 5.75 Å². The van der Waals surface area contributed by atoms with Crippen molar-refractivity contribution in [3.05, 3.63) is 134 Å². The largest absolute Gasteiger partial charge is 0.489 e. The average molecular weight is 542 g/mol. The molecule has 0 aliphatic carbocycles. The molecule has 1 unspecified atom stereocenters. The molecule has 0 N–H and O–H groups in total. The minimum absolute atomic E-state index is 0.0574. The molecule has 36 heavy (non-hydrogen) atoms. The van der Waals surface area contributed by atoms with Gasteiger partial charge in [-0.15, -0.1) is 0 Å². The quantitative estimate of drug-likeness (QED) is 0.246. The van der Waals surface area contributed by atoms with Crippen LogP contribution in [0.4, 0.5) is 0 Å². The van der Waals surface area contributed by atoms with E-state index in [0.717, 1.165) is 15.6 Å². The van der Waals surface area contributed by atoms with Gasteiger partial charge in [-0.05, 0) is 53.6 Å². The van der Waals surface area contributed by atoms with Gasteiger partial charge in [0.2, 0.25) is 5.76 Å². The summed E-state index contributed by atoms with van der Waals surface area (Å²) in [7, 11) is 0. The minimum atomic E-state index is -0.655. The molecular formula is C29H20BrNO5. The van der Waals surface area contributed by atoms with Crippen molar-refractivity contribution in [1.82, 2.24) is 4.90 Å². The van der Waals surface area contributed by atoms with Gasteiger partial charge in [0.1, 0.15) is 23.7 Å². The molecule has 1 atom stereocenters. The molecule has 0 spiro atoms. The van der Waals surface area contributed by atoms with Crippen molar-refractivity contribution < 1.29 is 18.4 Å². The molecule has 5 aromatic rings. The van der Waals surface area contributed by atoms with Crippen LogP contribution in [-0.4, -0.2) is 10.8 Å². The number of fused-ring (bicyclic) bond motifs is 2. The average Bonchev–Trinajstić information content (AvgIpc) is 3.51. The van der Waals surface area contributed by atoms with Gasteiger partial charge < -0.3 is 18.5 Å². The second-order valence-electron chi connectivity index (χ2n) is 8.58. The van der Waals surface area contributed by atoms with Crippen LogP contribution in [0.15, 0.2) is 109 Å². The van der Waals surface area contributed by atoms with E-state index in [1.165, 1.54) is 0 Å². The van der Waals surface area contributed by atoms with E-state index in [-0.39, 0.29) is 23.6 Å². The standard InChI is InChI=1S/C29H20BrNO5/c30-20-11-12-24-23(15-20)27(32)25-26(31(29(33)28(25)36-24)16-22-10-5-13-34-22)19-8-4-9-21(14-19)35-17-18-6-2-1-3-7-18/h1-15,26H,16-17H2. The number of benzene rings is 3. The third kappa shape index (κ3) is 4.01. The van der Waals surface area contributed by atoms with E-state index in [0.29, 0.717) is 34.6 Å². The molecule has 0 bridgehead atoms. The molecule has 1 aliphatic heterocycles. The Morgan fingerprint density at radius 1 is 0.917 bits per heavy atom. The van der Waals surface area contributed by atoms with Crippen LogP contribution in [0.1, 0.15) is 39.0 Å². The first-order valence-corrected chi connectivity index (χ1v) is 12.2. The van der Waals surface area contributed by atoms with Crippen LogP contribution >= 0.6 is 15.9 Å². The molecule has 0 saturated heterocycles. The zero-order valence-electron chi connectivity index (χ0n) is 19.0. The maximum atomic E-state index is 13.7. The number of furan rings is 1. The summed E-state index contributed by atoms with van der Waals surface area (Å²) in [6.07, 6.45) is 1.56. The first-order chi connectivity index (χ1) is 17.6. The Morgan fingerprint density at radius 3 is 2.58 bits per heavy atom. The zero-order valence-corrected chi connectivity index (χ0v) is 20.6. The fourth-order valence-corrected chi connectivity index (χ4v) is 4.95. The summed E-state index contributed by atoms with van der Waals surface area (Å²) >= 11 is 3.43. The molecule has 7 heteroatoms. The van der Waals surface area contributed by atoms with Gasteiger partial charge in [0.05, 0.1) is 29.8 Å². The number of amides is 1.